The molecule has 0 spiro atoms. The standard InChI is InChI=1S/C32H44O4/c1-21(33)36-26-11-7-9-22(18-26)8-5-6-10-23-19-24-20-25(34)12-15-30(24,2)27-13-16-31(3)28(29(23)27)14-17-32(31,4)35/h5-7,9,11,18,20,23,25,27-29,34-35H,8,10,12-17,19H2,1-4H3/b6-5+/t23-,25+,27+,28+,29-,30+,31+,32+/m1/s1. The Balaban J connectivity index is 1.37. The maximum Gasteiger partial charge on any atom is 0.308 e. The van der Waals surface area contributed by atoms with Gasteiger partial charge in [0.15, 0.2) is 0 Å². The van der Waals surface area contributed by atoms with Crippen LogP contribution in [0.25, 0.3) is 0 Å². The summed E-state index contributed by atoms with van der Waals surface area (Å²) in [7, 11) is 0. The SMILES string of the molecule is CC(=O)Oc1cccc(C/C=C/C[C@@H]2CC3=C[C@@H](O)CC[C@]3(C)[C@H]3CC[C@@]4(C)[C@@H](CC[C@]4(C)O)[C@H]23)c1. The number of hydrogen-bond donors (Lipinski definition) is 2. The largest absolute Gasteiger partial charge is 0.427 e. The predicted octanol–water partition coefficient (Wildman–Crippen LogP) is 6.40. The van der Waals surface area contributed by atoms with Crippen molar-refractivity contribution in [2.75, 3.05) is 0 Å². The van der Waals surface area contributed by atoms with Gasteiger partial charge in [0.1, 0.15) is 5.75 Å². The van der Waals surface area contributed by atoms with E-state index in [2.05, 4.69) is 45.1 Å². The van der Waals surface area contributed by atoms with Crippen LogP contribution in [-0.2, 0) is 11.2 Å². The number of hydrogen-bond acceptors (Lipinski definition) is 4. The van der Waals surface area contributed by atoms with Gasteiger partial charge in [-0.1, -0.05) is 49.8 Å². The third kappa shape index (κ3) is 4.39. The fourth-order valence-corrected chi connectivity index (χ4v) is 8.73. The molecule has 0 aromatic heterocycles. The van der Waals surface area contributed by atoms with Gasteiger partial charge in [0.2, 0.25) is 0 Å². The van der Waals surface area contributed by atoms with Gasteiger partial charge in [-0.05, 0) is 117 Å². The van der Waals surface area contributed by atoms with Crippen molar-refractivity contribution < 1.29 is 19.7 Å². The van der Waals surface area contributed by atoms with Gasteiger partial charge in [0, 0.05) is 6.92 Å². The molecule has 0 unspecified atom stereocenters. The van der Waals surface area contributed by atoms with E-state index in [1.54, 1.807) is 0 Å². The lowest BCUT2D eigenvalue weighted by Gasteiger charge is -2.61. The van der Waals surface area contributed by atoms with Crippen molar-refractivity contribution in [1.29, 1.82) is 0 Å². The minimum atomic E-state index is -0.574. The molecule has 5 rings (SSSR count). The van der Waals surface area contributed by atoms with E-state index >= 15 is 0 Å². The van der Waals surface area contributed by atoms with Gasteiger partial charge in [-0.15, -0.1) is 0 Å². The van der Waals surface area contributed by atoms with E-state index in [1.807, 2.05) is 18.2 Å². The number of benzene rings is 1. The first-order valence-corrected chi connectivity index (χ1v) is 14.1. The molecule has 0 radical (unpaired) electrons. The summed E-state index contributed by atoms with van der Waals surface area (Å²) in [5.41, 5.74) is 2.24. The van der Waals surface area contributed by atoms with E-state index in [-0.39, 0.29) is 22.9 Å². The van der Waals surface area contributed by atoms with E-state index in [0.29, 0.717) is 29.4 Å². The Hall–Kier alpha value is -1.91. The van der Waals surface area contributed by atoms with E-state index in [4.69, 9.17) is 4.74 Å². The monoisotopic (exact) mass is 492 g/mol. The zero-order valence-electron chi connectivity index (χ0n) is 22.5. The van der Waals surface area contributed by atoms with E-state index < -0.39 is 5.60 Å². The lowest BCUT2D eigenvalue weighted by molar-refractivity contribution is -0.132. The average molecular weight is 493 g/mol. The molecule has 0 heterocycles. The Labute approximate surface area is 216 Å². The maximum absolute atomic E-state index is 11.4. The third-order valence-corrected chi connectivity index (χ3v) is 10.9. The summed E-state index contributed by atoms with van der Waals surface area (Å²) in [4.78, 5) is 11.3. The topological polar surface area (TPSA) is 66.8 Å². The second-order valence-electron chi connectivity index (χ2n) is 12.9. The van der Waals surface area contributed by atoms with Crippen LogP contribution in [0.5, 0.6) is 5.75 Å². The van der Waals surface area contributed by atoms with Gasteiger partial charge in [-0.3, -0.25) is 4.79 Å². The summed E-state index contributed by atoms with van der Waals surface area (Å²) in [6.07, 6.45) is 15.7. The first-order valence-electron chi connectivity index (χ1n) is 14.1. The first-order chi connectivity index (χ1) is 17.0. The van der Waals surface area contributed by atoms with E-state index in [9.17, 15) is 15.0 Å². The second-order valence-corrected chi connectivity index (χ2v) is 12.9. The molecule has 36 heavy (non-hydrogen) atoms. The van der Waals surface area contributed by atoms with Gasteiger partial charge in [0.05, 0.1) is 11.7 Å². The molecular formula is C32H44O4. The van der Waals surface area contributed by atoms with Crippen molar-refractivity contribution in [2.24, 2.45) is 34.5 Å². The van der Waals surface area contributed by atoms with Crippen molar-refractivity contribution in [1.82, 2.24) is 0 Å². The van der Waals surface area contributed by atoms with Crippen LogP contribution in [-0.4, -0.2) is 27.9 Å². The van der Waals surface area contributed by atoms with Gasteiger partial charge in [-0.25, -0.2) is 0 Å². The number of rotatable bonds is 5. The molecule has 3 fully saturated rings. The van der Waals surface area contributed by atoms with Crippen molar-refractivity contribution in [2.45, 2.75) is 97.2 Å². The smallest absolute Gasteiger partial charge is 0.308 e. The molecule has 0 saturated heterocycles. The Morgan fingerprint density at radius 3 is 2.64 bits per heavy atom. The second kappa shape index (κ2) is 9.44. The van der Waals surface area contributed by atoms with Crippen molar-refractivity contribution in [3.05, 3.63) is 53.6 Å². The van der Waals surface area contributed by atoms with Gasteiger partial charge in [-0.2, -0.15) is 0 Å². The fourth-order valence-electron chi connectivity index (χ4n) is 8.73. The molecule has 0 amide bonds. The fraction of sp³-hybridized carbons (Fsp3) is 0.656. The summed E-state index contributed by atoms with van der Waals surface area (Å²) in [5, 5.41) is 21.9. The van der Waals surface area contributed by atoms with Crippen LogP contribution in [0.1, 0.15) is 84.6 Å². The number of aliphatic hydroxyl groups is 2. The highest BCUT2D eigenvalue weighted by atomic mass is 16.5. The number of esters is 1. The molecular weight excluding hydrogens is 448 g/mol. The van der Waals surface area contributed by atoms with Crippen LogP contribution in [0.15, 0.2) is 48.1 Å². The molecule has 4 aliphatic carbocycles. The van der Waals surface area contributed by atoms with Crippen LogP contribution in [0.2, 0.25) is 0 Å². The lowest BCUT2D eigenvalue weighted by atomic mass is 9.44. The minimum absolute atomic E-state index is 0.000951. The summed E-state index contributed by atoms with van der Waals surface area (Å²) >= 11 is 0. The van der Waals surface area contributed by atoms with Crippen LogP contribution in [0.4, 0.5) is 0 Å². The summed E-state index contributed by atoms with van der Waals surface area (Å²) in [6.45, 7) is 8.34. The van der Waals surface area contributed by atoms with Crippen molar-refractivity contribution in [3.63, 3.8) is 0 Å². The molecule has 3 saturated carbocycles. The molecule has 4 nitrogen and oxygen atoms in total. The molecule has 0 aliphatic heterocycles. The van der Waals surface area contributed by atoms with Crippen molar-refractivity contribution >= 4 is 5.97 Å². The number of allylic oxidation sites excluding steroid dienone is 3. The molecule has 0 bridgehead atoms. The number of carbonyl (C=O) groups excluding carboxylic acids is 1. The quantitative estimate of drug-likeness (QED) is 0.283. The third-order valence-electron chi connectivity index (χ3n) is 10.9. The Kier molecular flexibility index (Phi) is 6.74. The molecule has 2 N–H and O–H groups in total. The average Bonchev–Trinajstić information content (AvgIpc) is 3.06. The van der Waals surface area contributed by atoms with Crippen molar-refractivity contribution in [3.8, 4) is 5.75 Å². The van der Waals surface area contributed by atoms with Crippen LogP contribution < -0.4 is 4.74 Å². The number of carbonyl (C=O) groups is 1. The van der Waals surface area contributed by atoms with Crippen LogP contribution >= 0.6 is 0 Å². The highest BCUT2D eigenvalue weighted by molar-refractivity contribution is 5.69. The Bertz CT molecular complexity index is 1050. The predicted molar refractivity (Wildman–Crippen MR) is 142 cm³/mol. The number of ether oxygens (including phenoxy) is 1. The first kappa shape index (κ1) is 25.7. The number of fused-ring (bicyclic) bond motifs is 5. The maximum atomic E-state index is 11.4. The zero-order valence-corrected chi connectivity index (χ0v) is 22.5. The highest BCUT2D eigenvalue weighted by Gasteiger charge is 2.64. The molecule has 4 aliphatic rings. The van der Waals surface area contributed by atoms with Gasteiger partial charge < -0.3 is 14.9 Å². The normalized spacial score (nSPS) is 41.8. The molecule has 196 valence electrons. The molecule has 8 atom stereocenters. The molecule has 4 heteroatoms. The summed E-state index contributed by atoms with van der Waals surface area (Å²) in [5.74, 6) is 2.66. The van der Waals surface area contributed by atoms with Gasteiger partial charge in [0.25, 0.3) is 0 Å². The van der Waals surface area contributed by atoms with Gasteiger partial charge >= 0.3 is 5.97 Å². The minimum Gasteiger partial charge on any atom is -0.427 e. The zero-order chi connectivity index (χ0) is 25.7. The summed E-state index contributed by atoms with van der Waals surface area (Å²) < 4.78 is 5.24. The lowest BCUT2D eigenvalue weighted by Crippen LogP contribution is -2.56. The number of aliphatic hydroxyl groups excluding tert-OH is 1. The van der Waals surface area contributed by atoms with E-state index in [0.717, 1.165) is 56.9 Å². The highest BCUT2D eigenvalue weighted by Crippen LogP contribution is 2.69. The van der Waals surface area contributed by atoms with Crippen LogP contribution in [0.3, 0.4) is 0 Å². The molecule has 1 aromatic rings. The Morgan fingerprint density at radius 1 is 1.08 bits per heavy atom. The summed E-state index contributed by atoms with van der Waals surface area (Å²) in [6, 6.07) is 7.76. The molecule has 1 aromatic carbocycles. The Morgan fingerprint density at radius 2 is 1.86 bits per heavy atom. The van der Waals surface area contributed by atoms with Crippen LogP contribution in [0, 0.1) is 34.5 Å². The van der Waals surface area contributed by atoms with E-state index in [1.165, 1.54) is 18.9 Å².